The van der Waals surface area contributed by atoms with Gasteiger partial charge in [0.25, 0.3) is 0 Å². The van der Waals surface area contributed by atoms with Crippen molar-refractivity contribution in [3.8, 4) is 0 Å². The first-order valence-electron chi connectivity index (χ1n) is 31.2. The average Bonchev–Trinajstić information content (AvgIpc) is 3.39. The van der Waals surface area contributed by atoms with Crippen molar-refractivity contribution in [2.75, 3.05) is 13.2 Å². The Morgan fingerprint density at radius 3 is 1.22 bits per heavy atom. The number of carbonyl (C=O) groups excluding carboxylic acids is 1. The Hall–Kier alpha value is -1.41. The molecule has 0 saturated carbocycles. The van der Waals surface area contributed by atoms with Crippen LogP contribution in [-0.4, -0.2) is 110 Å². The highest BCUT2D eigenvalue weighted by Gasteiger charge is 2.44. The van der Waals surface area contributed by atoms with Crippen LogP contribution in [0.5, 0.6) is 0 Å². The molecule has 9 unspecified atom stereocenters. The average molecular weight is 1040 g/mol. The first kappa shape index (κ1) is 69.6. The maximum atomic E-state index is 13.2. The maximum absolute atomic E-state index is 13.2. The van der Waals surface area contributed by atoms with Crippen molar-refractivity contribution in [2.45, 2.75) is 351 Å². The molecule has 1 aliphatic rings. The Kier molecular flexibility index (Phi) is 49.0. The number of rotatable bonds is 54. The van der Waals surface area contributed by atoms with Crippen LogP contribution in [0.2, 0.25) is 0 Å². The summed E-state index contributed by atoms with van der Waals surface area (Å²) < 4.78 is 11.1. The van der Waals surface area contributed by atoms with Crippen molar-refractivity contribution in [1.82, 2.24) is 5.32 Å². The molecule has 1 fully saturated rings. The summed E-state index contributed by atoms with van der Waals surface area (Å²) in [6, 6.07) is -1.19. The van der Waals surface area contributed by atoms with Crippen molar-refractivity contribution >= 4 is 5.91 Å². The molecule has 8 N–H and O–H groups in total. The molecule has 432 valence electrons. The normalized spacial score (nSPS) is 20.0. The SMILES string of the molecule is CCCCCCCCCCCCCCCCCCCCC/C=C/CC/C=C/CCCC(O)C(O)C(COC1OC(CO)C(O)C(O)C1O)NC(=O)C(O)CCCCCCCCCCCCCCCCCCCC. The van der Waals surface area contributed by atoms with Gasteiger partial charge in [-0.1, -0.05) is 269 Å². The van der Waals surface area contributed by atoms with E-state index >= 15 is 0 Å². The molecular weight excluding hydrogens is 919 g/mol. The fraction of sp³-hybridized carbons (Fsp3) is 0.919. The summed E-state index contributed by atoms with van der Waals surface area (Å²) in [7, 11) is 0. The quantitative estimate of drug-likeness (QED) is 0.0215. The van der Waals surface area contributed by atoms with Gasteiger partial charge in [-0.3, -0.25) is 4.79 Å². The molecule has 1 amide bonds. The fourth-order valence-corrected chi connectivity index (χ4v) is 10.2. The zero-order valence-electron chi connectivity index (χ0n) is 47.4. The van der Waals surface area contributed by atoms with Gasteiger partial charge < -0.3 is 50.5 Å². The van der Waals surface area contributed by atoms with Crippen LogP contribution >= 0.6 is 0 Å². The summed E-state index contributed by atoms with van der Waals surface area (Å²) in [6.45, 7) is 3.48. The summed E-state index contributed by atoms with van der Waals surface area (Å²) in [5, 5.41) is 76.2. The van der Waals surface area contributed by atoms with Crippen molar-refractivity contribution in [1.29, 1.82) is 0 Å². The summed E-state index contributed by atoms with van der Waals surface area (Å²) in [5.41, 5.74) is 0. The van der Waals surface area contributed by atoms with Gasteiger partial charge in [0.05, 0.1) is 25.4 Å². The van der Waals surface area contributed by atoms with Crippen molar-refractivity contribution < 1.29 is 50.0 Å². The lowest BCUT2D eigenvalue weighted by Crippen LogP contribution is -2.60. The number of aliphatic hydroxyl groups excluding tert-OH is 7. The third kappa shape index (κ3) is 39.6. The third-order valence-electron chi connectivity index (χ3n) is 15.2. The minimum atomic E-state index is -1.67. The number of unbranched alkanes of at least 4 members (excludes halogenated alkanes) is 38. The first-order valence-corrected chi connectivity index (χ1v) is 31.2. The van der Waals surface area contributed by atoms with Gasteiger partial charge in [-0.25, -0.2) is 0 Å². The first-order chi connectivity index (χ1) is 35.7. The summed E-state index contributed by atoms with van der Waals surface area (Å²) >= 11 is 0. The number of carbonyl (C=O) groups is 1. The van der Waals surface area contributed by atoms with Crippen LogP contribution in [0, 0.1) is 0 Å². The second kappa shape index (κ2) is 51.4. The minimum Gasteiger partial charge on any atom is -0.394 e. The maximum Gasteiger partial charge on any atom is 0.249 e. The highest BCUT2D eigenvalue weighted by atomic mass is 16.7. The summed E-state index contributed by atoms with van der Waals surface area (Å²) in [5.74, 6) is -0.705. The molecule has 11 heteroatoms. The van der Waals surface area contributed by atoms with Crippen LogP contribution in [0.15, 0.2) is 24.3 Å². The monoisotopic (exact) mass is 1040 g/mol. The molecule has 0 radical (unpaired) electrons. The summed E-state index contributed by atoms with van der Waals surface area (Å²) in [6.07, 6.45) is 51.1. The molecule has 73 heavy (non-hydrogen) atoms. The van der Waals surface area contributed by atoms with Gasteiger partial charge >= 0.3 is 0 Å². The van der Waals surface area contributed by atoms with Gasteiger partial charge in [-0.15, -0.1) is 0 Å². The van der Waals surface area contributed by atoms with Gasteiger partial charge in [0.2, 0.25) is 5.91 Å². The Morgan fingerprint density at radius 2 is 0.822 bits per heavy atom. The van der Waals surface area contributed by atoms with Crippen molar-refractivity contribution in [3.05, 3.63) is 24.3 Å². The van der Waals surface area contributed by atoms with Gasteiger partial charge in [0, 0.05) is 0 Å². The molecular formula is C62H119NO10. The van der Waals surface area contributed by atoms with Crippen molar-refractivity contribution in [3.63, 3.8) is 0 Å². The van der Waals surface area contributed by atoms with Crippen LogP contribution in [0.4, 0.5) is 0 Å². The second-order valence-electron chi connectivity index (χ2n) is 22.1. The number of hydrogen-bond acceptors (Lipinski definition) is 10. The van der Waals surface area contributed by atoms with E-state index in [9.17, 15) is 40.5 Å². The van der Waals surface area contributed by atoms with Gasteiger partial charge in [0.1, 0.15) is 36.6 Å². The molecule has 1 rings (SSSR count). The lowest BCUT2D eigenvalue weighted by Gasteiger charge is -2.40. The molecule has 1 aliphatic heterocycles. The lowest BCUT2D eigenvalue weighted by atomic mass is 9.98. The van der Waals surface area contributed by atoms with E-state index in [1.807, 2.05) is 0 Å². The van der Waals surface area contributed by atoms with Crippen LogP contribution in [0.1, 0.15) is 296 Å². The Balaban J connectivity index is 2.28. The number of ether oxygens (including phenoxy) is 2. The number of nitrogens with one attached hydrogen (secondary N) is 1. The molecule has 1 heterocycles. The zero-order valence-corrected chi connectivity index (χ0v) is 47.4. The third-order valence-corrected chi connectivity index (χ3v) is 15.2. The summed E-state index contributed by atoms with van der Waals surface area (Å²) in [4.78, 5) is 13.2. The van der Waals surface area contributed by atoms with Gasteiger partial charge in [-0.2, -0.15) is 0 Å². The van der Waals surface area contributed by atoms with E-state index in [4.69, 9.17) is 9.47 Å². The topological polar surface area (TPSA) is 189 Å². The Morgan fingerprint density at radius 1 is 0.466 bits per heavy atom. The molecule has 0 bridgehead atoms. The lowest BCUT2D eigenvalue weighted by molar-refractivity contribution is -0.303. The van der Waals surface area contributed by atoms with Crippen LogP contribution in [-0.2, 0) is 14.3 Å². The molecule has 0 aliphatic carbocycles. The second-order valence-corrected chi connectivity index (χ2v) is 22.1. The minimum absolute atomic E-state index is 0.249. The van der Waals surface area contributed by atoms with E-state index < -0.39 is 74.2 Å². The van der Waals surface area contributed by atoms with E-state index in [-0.39, 0.29) is 12.8 Å². The van der Waals surface area contributed by atoms with E-state index in [1.54, 1.807) is 0 Å². The predicted octanol–water partition coefficient (Wildman–Crippen LogP) is 13.7. The van der Waals surface area contributed by atoms with Crippen LogP contribution in [0.3, 0.4) is 0 Å². The van der Waals surface area contributed by atoms with Crippen LogP contribution < -0.4 is 5.32 Å². The smallest absolute Gasteiger partial charge is 0.249 e. The molecule has 0 aromatic carbocycles. The van der Waals surface area contributed by atoms with E-state index in [1.165, 1.54) is 212 Å². The van der Waals surface area contributed by atoms with E-state index in [2.05, 4.69) is 43.5 Å². The molecule has 1 saturated heterocycles. The van der Waals surface area contributed by atoms with E-state index in [0.29, 0.717) is 19.3 Å². The van der Waals surface area contributed by atoms with Gasteiger partial charge in [-0.05, 0) is 51.4 Å². The van der Waals surface area contributed by atoms with Gasteiger partial charge in [0.15, 0.2) is 6.29 Å². The largest absolute Gasteiger partial charge is 0.394 e. The standard InChI is InChI=1S/C62H119NO10/c1-3-5-7-9-11-13-15-17-19-21-23-24-25-26-27-28-29-30-31-32-34-35-37-39-41-43-45-47-49-54(65)57(67)53(52-72-62-60(70)59(69)58(68)56(51-64)73-62)63-61(71)55(66)50-48-46-44-42-40-38-36-33-22-20-18-16-14-12-10-8-6-4-2/h34-35,41,43,53-60,62,64-70H,3-33,36-40,42,44-52H2,1-2H3,(H,63,71)/b35-34+,43-41+. The molecule has 0 aromatic heterocycles. The fourth-order valence-electron chi connectivity index (χ4n) is 10.2. The molecule has 9 atom stereocenters. The molecule has 11 nitrogen and oxygen atoms in total. The van der Waals surface area contributed by atoms with Crippen LogP contribution in [0.25, 0.3) is 0 Å². The molecule has 0 spiro atoms. The number of hydrogen-bond donors (Lipinski definition) is 8. The van der Waals surface area contributed by atoms with Crippen molar-refractivity contribution in [2.24, 2.45) is 0 Å². The highest BCUT2D eigenvalue weighted by molar-refractivity contribution is 5.80. The number of amides is 1. The Labute approximate surface area is 448 Å². The molecule has 0 aromatic rings. The predicted molar refractivity (Wildman–Crippen MR) is 302 cm³/mol. The number of aliphatic hydroxyl groups is 7. The zero-order chi connectivity index (χ0) is 53.3. The highest BCUT2D eigenvalue weighted by Crippen LogP contribution is 2.23. The Bertz CT molecular complexity index is 1240. The van der Waals surface area contributed by atoms with E-state index in [0.717, 1.165) is 38.5 Å². The number of allylic oxidation sites excluding steroid dienone is 4.